The van der Waals surface area contributed by atoms with E-state index in [1.807, 2.05) is 4.90 Å². The Morgan fingerprint density at radius 3 is 2.52 bits per heavy atom. The first-order valence-electron chi connectivity index (χ1n) is 8.74. The quantitative estimate of drug-likeness (QED) is 0.854. The highest BCUT2D eigenvalue weighted by Crippen LogP contribution is 2.36. The van der Waals surface area contributed by atoms with Gasteiger partial charge in [0, 0.05) is 37.3 Å². The van der Waals surface area contributed by atoms with E-state index >= 15 is 0 Å². The van der Waals surface area contributed by atoms with E-state index < -0.39 is 5.82 Å². The molecule has 2 fully saturated rings. The van der Waals surface area contributed by atoms with Gasteiger partial charge >= 0.3 is 0 Å². The Morgan fingerprint density at radius 1 is 1.08 bits per heavy atom. The summed E-state index contributed by atoms with van der Waals surface area (Å²) in [5, 5.41) is 0. The fraction of sp³-hybridized carbons (Fsp3) is 0.421. The molecule has 1 saturated carbocycles. The number of benzene rings is 1. The fourth-order valence-electron chi connectivity index (χ4n) is 3.29. The Labute approximate surface area is 145 Å². The second-order valence-corrected chi connectivity index (χ2v) is 6.65. The fourth-order valence-corrected chi connectivity index (χ4v) is 3.29. The third-order valence-corrected chi connectivity index (χ3v) is 4.85. The molecule has 0 N–H and O–H groups in total. The number of hydrogen-bond acceptors (Lipinski definition) is 4. The third-order valence-electron chi connectivity index (χ3n) is 4.85. The van der Waals surface area contributed by atoms with Gasteiger partial charge in [-0.05, 0) is 37.8 Å². The SMILES string of the molecule is O=C(C1CC1)N1CCC(c2nccnc2Oc2ccccc2F)CC1. The number of nitrogens with zero attached hydrogens (tertiary/aromatic N) is 3. The minimum atomic E-state index is -0.427. The van der Waals surface area contributed by atoms with Crippen molar-refractivity contribution in [2.24, 2.45) is 5.92 Å². The van der Waals surface area contributed by atoms with Crippen molar-refractivity contribution in [3.8, 4) is 11.6 Å². The molecule has 130 valence electrons. The van der Waals surface area contributed by atoms with Crippen LogP contribution < -0.4 is 4.74 Å². The van der Waals surface area contributed by atoms with E-state index in [1.54, 1.807) is 30.6 Å². The number of rotatable bonds is 4. The van der Waals surface area contributed by atoms with Crippen molar-refractivity contribution in [3.05, 3.63) is 48.2 Å². The van der Waals surface area contributed by atoms with Crippen LogP contribution in [0.3, 0.4) is 0 Å². The summed E-state index contributed by atoms with van der Waals surface area (Å²) in [7, 11) is 0. The average Bonchev–Trinajstić information content (AvgIpc) is 3.49. The highest BCUT2D eigenvalue weighted by molar-refractivity contribution is 5.81. The molecule has 0 atom stereocenters. The van der Waals surface area contributed by atoms with Gasteiger partial charge in [-0.15, -0.1) is 0 Å². The summed E-state index contributed by atoms with van der Waals surface area (Å²) < 4.78 is 19.5. The lowest BCUT2D eigenvalue weighted by atomic mass is 9.93. The van der Waals surface area contributed by atoms with E-state index in [2.05, 4.69) is 9.97 Å². The lowest BCUT2D eigenvalue weighted by molar-refractivity contribution is -0.133. The van der Waals surface area contributed by atoms with Crippen LogP contribution in [0.25, 0.3) is 0 Å². The van der Waals surface area contributed by atoms with Crippen LogP contribution in [0.2, 0.25) is 0 Å². The summed E-state index contributed by atoms with van der Waals surface area (Å²) >= 11 is 0. The number of para-hydroxylation sites is 1. The molecule has 1 amide bonds. The average molecular weight is 341 g/mol. The second-order valence-electron chi connectivity index (χ2n) is 6.65. The van der Waals surface area contributed by atoms with Crippen molar-refractivity contribution >= 4 is 5.91 Å². The van der Waals surface area contributed by atoms with Crippen molar-refractivity contribution in [1.82, 2.24) is 14.9 Å². The van der Waals surface area contributed by atoms with Gasteiger partial charge in [-0.25, -0.2) is 9.37 Å². The van der Waals surface area contributed by atoms with Crippen molar-refractivity contribution < 1.29 is 13.9 Å². The van der Waals surface area contributed by atoms with Gasteiger partial charge in [0.2, 0.25) is 11.8 Å². The first kappa shape index (κ1) is 16.0. The molecule has 0 spiro atoms. The van der Waals surface area contributed by atoms with Crippen LogP contribution in [0.4, 0.5) is 4.39 Å². The molecule has 0 radical (unpaired) electrons. The molecule has 2 aliphatic rings. The summed E-state index contributed by atoms with van der Waals surface area (Å²) in [4.78, 5) is 22.8. The van der Waals surface area contributed by atoms with E-state index in [0.29, 0.717) is 11.8 Å². The Bertz CT molecular complexity index is 771. The zero-order valence-corrected chi connectivity index (χ0v) is 13.9. The van der Waals surface area contributed by atoms with E-state index in [-0.39, 0.29) is 17.6 Å². The van der Waals surface area contributed by atoms with Crippen molar-refractivity contribution in [2.75, 3.05) is 13.1 Å². The van der Waals surface area contributed by atoms with Crippen LogP contribution in [0.1, 0.15) is 37.3 Å². The van der Waals surface area contributed by atoms with Gasteiger partial charge in [0.15, 0.2) is 11.6 Å². The van der Waals surface area contributed by atoms with Crippen molar-refractivity contribution in [3.63, 3.8) is 0 Å². The number of ether oxygens (including phenoxy) is 1. The molecular formula is C19H20FN3O2. The molecule has 25 heavy (non-hydrogen) atoms. The summed E-state index contributed by atoms with van der Waals surface area (Å²) in [6.45, 7) is 1.46. The molecule has 0 bridgehead atoms. The molecule has 4 rings (SSSR count). The molecule has 1 aliphatic carbocycles. The van der Waals surface area contributed by atoms with Crippen LogP contribution in [0.5, 0.6) is 11.6 Å². The summed E-state index contributed by atoms with van der Waals surface area (Å²) in [5.74, 6) is 0.779. The topological polar surface area (TPSA) is 55.3 Å². The van der Waals surface area contributed by atoms with Gasteiger partial charge in [-0.3, -0.25) is 9.78 Å². The molecule has 1 saturated heterocycles. The molecule has 1 aromatic heterocycles. The maximum atomic E-state index is 13.9. The molecule has 0 unspecified atom stereocenters. The number of carbonyl (C=O) groups is 1. The number of likely N-dealkylation sites (tertiary alicyclic amines) is 1. The van der Waals surface area contributed by atoms with Gasteiger partial charge < -0.3 is 9.64 Å². The summed E-state index contributed by atoms with van der Waals surface area (Å²) in [6, 6.07) is 6.26. The monoisotopic (exact) mass is 341 g/mol. The van der Waals surface area contributed by atoms with Gasteiger partial charge in [0.05, 0.1) is 0 Å². The van der Waals surface area contributed by atoms with Crippen LogP contribution >= 0.6 is 0 Å². The minimum Gasteiger partial charge on any atom is -0.434 e. The van der Waals surface area contributed by atoms with Crippen LogP contribution in [0, 0.1) is 11.7 Å². The lowest BCUT2D eigenvalue weighted by Crippen LogP contribution is -2.39. The predicted molar refractivity (Wildman–Crippen MR) is 89.8 cm³/mol. The molecule has 1 aromatic carbocycles. The number of hydrogen-bond donors (Lipinski definition) is 0. The molecule has 2 heterocycles. The second kappa shape index (κ2) is 6.78. The van der Waals surface area contributed by atoms with Crippen LogP contribution in [-0.4, -0.2) is 33.9 Å². The zero-order chi connectivity index (χ0) is 17.2. The smallest absolute Gasteiger partial charge is 0.241 e. The van der Waals surface area contributed by atoms with Gasteiger partial charge in [0.25, 0.3) is 0 Å². The van der Waals surface area contributed by atoms with E-state index in [4.69, 9.17) is 4.74 Å². The number of halogens is 1. The maximum Gasteiger partial charge on any atom is 0.241 e. The maximum absolute atomic E-state index is 13.9. The summed E-state index contributed by atoms with van der Waals surface area (Å²) in [6.07, 6.45) is 6.89. The standard InChI is InChI=1S/C19H20FN3O2/c20-15-3-1-2-4-16(15)25-18-17(21-9-10-22-18)13-7-11-23(12-8-13)19(24)14-5-6-14/h1-4,9-10,13-14H,5-8,11-12H2. The normalized spacial score (nSPS) is 18.2. The Hall–Kier alpha value is -2.50. The van der Waals surface area contributed by atoms with E-state index in [0.717, 1.165) is 44.5 Å². The number of piperidine rings is 1. The highest BCUT2D eigenvalue weighted by Gasteiger charge is 2.35. The number of carbonyl (C=O) groups excluding carboxylic acids is 1. The third kappa shape index (κ3) is 3.48. The Morgan fingerprint density at radius 2 is 1.80 bits per heavy atom. The van der Waals surface area contributed by atoms with E-state index in [1.165, 1.54) is 6.07 Å². The number of aromatic nitrogens is 2. The zero-order valence-electron chi connectivity index (χ0n) is 13.9. The lowest BCUT2D eigenvalue weighted by Gasteiger charge is -2.32. The van der Waals surface area contributed by atoms with Gasteiger partial charge in [0.1, 0.15) is 5.69 Å². The molecule has 5 nitrogen and oxygen atoms in total. The highest BCUT2D eigenvalue weighted by atomic mass is 19.1. The molecule has 1 aliphatic heterocycles. The summed E-state index contributed by atoms with van der Waals surface area (Å²) in [5.41, 5.74) is 0.740. The van der Waals surface area contributed by atoms with Crippen molar-refractivity contribution in [1.29, 1.82) is 0 Å². The predicted octanol–water partition coefficient (Wildman–Crippen LogP) is 3.52. The minimum absolute atomic E-state index is 0.144. The molecule has 2 aromatic rings. The first-order chi connectivity index (χ1) is 12.2. The molecular weight excluding hydrogens is 321 g/mol. The first-order valence-corrected chi connectivity index (χ1v) is 8.74. The van der Waals surface area contributed by atoms with Crippen LogP contribution in [-0.2, 0) is 4.79 Å². The Balaban J connectivity index is 1.48. The largest absolute Gasteiger partial charge is 0.434 e. The van der Waals surface area contributed by atoms with E-state index in [9.17, 15) is 9.18 Å². The number of amides is 1. The Kier molecular flexibility index (Phi) is 4.34. The van der Waals surface area contributed by atoms with Crippen LogP contribution in [0.15, 0.2) is 36.7 Å². The van der Waals surface area contributed by atoms with Gasteiger partial charge in [-0.1, -0.05) is 12.1 Å². The van der Waals surface area contributed by atoms with Crippen molar-refractivity contribution in [2.45, 2.75) is 31.6 Å². The van der Waals surface area contributed by atoms with Gasteiger partial charge in [-0.2, -0.15) is 0 Å². The molecule has 6 heteroatoms.